The summed E-state index contributed by atoms with van der Waals surface area (Å²) in [5, 5.41) is 0. The summed E-state index contributed by atoms with van der Waals surface area (Å²) in [6, 6.07) is 9.86. The lowest BCUT2D eigenvalue weighted by atomic mass is 10.1. The van der Waals surface area contributed by atoms with Crippen molar-refractivity contribution in [1.29, 1.82) is 0 Å². The van der Waals surface area contributed by atoms with Gasteiger partial charge in [0.15, 0.2) is 0 Å². The second-order valence-corrected chi connectivity index (χ2v) is 8.59. The summed E-state index contributed by atoms with van der Waals surface area (Å²) in [6.45, 7) is 11.1. The Morgan fingerprint density at radius 3 is 2.42 bits per heavy atom. The fraction of sp³-hybridized carbons (Fsp3) is 0.727. The van der Waals surface area contributed by atoms with Crippen molar-refractivity contribution >= 4 is 0 Å². The van der Waals surface area contributed by atoms with E-state index in [0.717, 1.165) is 61.9 Å². The molecule has 0 aromatic heterocycles. The van der Waals surface area contributed by atoms with Gasteiger partial charge in [-0.1, -0.05) is 18.2 Å². The lowest BCUT2D eigenvalue weighted by Crippen LogP contribution is -2.35. The van der Waals surface area contributed by atoms with Crippen LogP contribution in [0.3, 0.4) is 0 Å². The molecular weight excluding hydrogens is 324 g/mol. The normalized spacial score (nSPS) is 34.2. The van der Waals surface area contributed by atoms with Crippen molar-refractivity contribution in [2.24, 2.45) is 17.8 Å². The van der Waals surface area contributed by atoms with Gasteiger partial charge in [-0.15, -0.1) is 0 Å². The van der Waals surface area contributed by atoms with Gasteiger partial charge in [0.05, 0.1) is 20.3 Å². The largest absolute Gasteiger partial charge is 0.496 e. The van der Waals surface area contributed by atoms with E-state index in [9.17, 15) is 0 Å². The van der Waals surface area contributed by atoms with Crippen LogP contribution in [0.15, 0.2) is 24.3 Å². The SMILES string of the molecule is COc1ccccc1CN1CC2C(COCCN3C(C)CCC3C)C2C1. The van der Waals surface area contributed by atoms with E-state index in [1.165, 1.54) is 31.5 Å². The molecule has 1 aromatic rings. The first-order valence-corrected chi connectivity index (χ1v) is 10.3. The molecule has 26 heavy (non-hydrogen) atoms. The van der Waals surface area contributed by atoms with Crippen molar-refractivity contribution in [3.05, 3.63) is 29.8 Å². The number of benzene rings is 1. The zero-order chi connectivity index (χ0) is 18.1. The number of ether oxygens (including phenoxy) is 2. The number of rotatable bonds is 8. The van der Waals surface area contributed by atoms with Crippen LogP contribution in [0.25, 0.3) is 0 Å². The van der Waals surface area contributed by atoms with Crippen LogP contribution < -0.4 is 4.74 Å². The first-order valence-electron chi connectivity index (χ1n) is 10.3. The Balaban J connectivity index is 1.15. The number of para-hydroxylation sites is 1. The third kappa shape index (κ3) is 3.78. The highest BCUT2D eigenvalue weighted by Crippen LogP contribution is 2.52. The molecule has 3 fully saturated rings. The summed E-state index contributed by atoms with van der Waals surface area (Å²) in [6.07, 6.45) is 2.69. The molecule has 2 aliphatic heterocycles. The fourth-order valence-corrected chi connectivity index (χ4v) is 5.27. The lowest BCUT2D eigenvalue weighted by molar-refractivity contribution is 0.0749. The zero-order valence-corrected chi connectivity index (χ0v) is 16.6. The summed E-state index contributed by atoms with van der Waals surface area (Å²) in [5.74, 6) is 3.53. The van der Waals surface area contributed by atoms with Crippen LogP contribution in [-0.2, 0) is 11.3 Å². The van der Waals surface area contributed by atoms with E-state index in [1.54, 1.807) is 7.11 Å². The Morgan fingerprint density at radius 2 is 1.73 bits per heavy atom. The quantitative estimate of drug-likeness (QED) is 0.666. The van der Waals surface area contributed by atoms with E-state index in [0.29, 0.717) is 0 Å². The molecule has 4 unspecified atom stereocenters. The van der Waals surface area contributed by atoms with Crippen LogP contribution in [-0.4, -0.2) is 61.8 Å². The highest BCUT2D eigenvalue weighted by atomic mass is 16.5. The Labute approximate surface area is 158 Å². The third-order valence-electron chi connectivity index (χ3n) is 6.97. The number of hydrogen-bond acceptors (Lipinski definition) is 4. The monoisotopic (exact) mass is 358 g/mol. The molecule has 2 saturated heterocycles. The average molecular weight is 359 g/mol. The molecule has 1 aromatic carbocycles. The predicted molar refractivity (Wildman–Crippen MR) is 104 cm³/mol. The van der Waals surface area contributed by atoms with Crippen LogP contribution in [0.4, 0.5) is 0 Å². The van der Waals surface area contributed by atoms with Gasteiger partial charge >= 0.3 is 0 Å². The molecule has 4 nitrogen and oxygen atoms in total. The third-order valence-corrected chi connectivity index (χ3v) is 6.97. The fourth-order valence-electron chi connectivity index (χ4n) is 5.27. The van der Waals surface area contributed by atoms with Crippen LogP contribution in [0.2, 0.25) is 0 Å². The maximum atomic E-state index is 6.06. The van der Waals surface area contributed by atoms with E-state index < -0.39 is 0 Å². The van der Waals surface area contributed by atoms with Gasteiger partial charge in [-0.05, 0) is 50.5 Å². The molecule has 1 aliphatic carbocycles. The minimum atomic E-state index is 0.734. The van der Waals surface area contributed by atoms with Crippen LogP contribution in [0, 0.1) is 17.8 Å². The standard InChI is InChI=1S/C22H34N2O2/c1-16-8-9-17(2)24(16)10-11-26-15-21-19-13-23(14-20(19)21)12-18-6-4-5-7-22(18)25-3/h4-7,16-17,19-21H,8-15H2,1-3H3. The van der Waals surface area contributed by atoms with Crippen molar-refractivity contribution in [1.82, 2.24) is 9.80 Å². The average Bonchev–Trinajstić information content (AvgIpc) is 2.95. The van der Waals surface area contributed by atoms with Gasteiger partial charge in [-0.25, -0.2) is 0 Å². The summed E-state index contributed by atoms with van der Waals surface area (Å²) in [7, 11) is 1.76. The Bertz CT molecular complexity index is 586. The molecular formula is C22H34N2O2. The van der Waals surface area contributed by atoms with Crippen molar-refractivity contribution in [3.63, 3.8) is 0 Å². The van der Waals surface area contributed by atoms with Gasteiger partial charge in [-0.3, -0.25) is 9.80 Å². The molecule has 1 saturated carbocycles. The highest BCUT2D eigenvalue weighted by molar-refractivity contribution is 5.33. The Morgan fingerprint density at radius 1 is 1.04 bits per heavy atom. The molecule has 4 rings (SSSR count). The van der Waals surface area contributed by atoms with E-state index in [4.69, 9.17) is 9.47 Å². The maximum absolute atomic E-state index is 6.06. The molecule has 144 valence electrons. The smallest absolute Gasteiger partial charge is 0.123 e. The molecule has 0 spiro atoms. The molecule has 0 bridgehead atoms. The van der Waals surface area contributed by atoms with E-state index >= 15 is 0 Å². The highest BCUT2D eigenvalue weighted by Gasteiger charge is 2.55. The molecule has 2 heterocycles. The van der Waals surface area contributed by atoms with Gasteiger partial charge in [0.25, 0.3) is 0 Å². The van der Waals surface area contributed by atoms with E-state index in [2.05, 4.69) is 41.8 Å². The summed E-state index contributed by atoms with van der Waals surface area (Å²) in [4.78, 5) is 5.19. The summed E-state index contributed by atoms with van der Waals surface area (Å²) < 4.78 is 11.5. The van der Waals surface area contributed by atoms with Crippen molar-refractivity contribution < 1.29 is 9.47 Å². The number of piperidine rings is 1. The summed E-state index contributed by atoms with van der Waals surface area (Å²) in [5.41, 5.74) is 1.30. The van der Waals surface area contributed by atoms with Crippen LogP contribution in [0.5, 0.6) is 5.75 Å². The topological polar surface area (TPSA) is 24.9 Å². The molecule has 0 radical (unpaired) electrons. The number of methoxy groups -OCH3 is 1. The van der Waals surface area contributed by atoms with Gasteiger partial charge in [0, 0.05) is 43.8 Å². The number of fused-ring (bicyclic) bond motifs is 1. The van der Waals surface area contributed by atoms with Crippen LogP contribution >= 0.6 is 0 Å². The number of hydrogen-bond donors (Lipinski definition) is 0. The zero-order valence-electron chi connectivity index (χ0n) is 16.6. The minimum Gasteiger partial charge on any atom is -0.496 e. The van der Waals surface area contributed by atoms with Gasteiger partial charge < -0.3 is 9.47 Å². The first kappa shape index (κ1) is 18.3. The van der Waals surface area contributed by atoms with E-state index in [-0.39, 0.29) is 0 Å². The first-order chi connectivity index (χ1) is 12.7. The molecule has 0 amide bonds. The summed E-state index contributed by atoms with van der Waals surface area (Å²) >= 11 is 0. The van der Waals surface area contributed by atoms with Gasteiger partial charge in [-0.2, -0.15) is 0 Å². The van der Waals surface area contributed by atoms with Gasteiger partial charge in [0.2, 0.25) is 0 Å². The molecule has 3 aliphatic rings. The van der Waals surface area contributed by atoms with Crippen LogP contribution in [0.1, 0.15) is 32.3 Å². The predicted octanol–water partition coefficient (Wildman–Crippen LogP) is 3.26. The van der Waals surface area contributed by atoms with Crippen molar-refractivity contribution in [3.8, 4) is 5.75 Å². The molecule has 4 atom stereocenters. The second kappa shape index (κ2) is 7.87. The number of likely N-dealkylation sites (tertiary alicyclic amines) is 2. The Kier molecular flexibility index (Phi) is 5.53. The minimum absolute atomic E-state index is 0.734. The second-order valence-electron chi connectivity index (χ2n) is 8.59. The number of nitrogens with zero attached hydrogens (tertiary/aromatic N) is 2. The molecule has 0 N–H and O–H groups in total. The molecule has 4 heteroatoms. The Hall–Kier alpha value is -1.10. The van der Waals surface area contributed by atoms with Crippen molar-refractivity contribution in [2.75, 3.05) is 40.0 Å². The van der Waals surface area contributed by atoms with Gasteiger partial charge in [0.1, 0.15) is 5.75 Å². The van der Waals surface area contributed by atoms with Crippen molar-refractivity contribution in [2.45, 2.75) is 45.3 Å². The van der Waals surface area contributed by atoms with E-state index in [1.807, 2.05) is 6.07 Å². The maximum Gasteiger partial charge on any atom is 0.123 e. The lowest BCUT2D eigenvalue weighted by Gasteiger charge is -2.25.